The first-order valence-electron chi connectivity index (χ1n) is 6.23. The van der Waals surface area contributed by atoms with E-state index in [1.165, 1.54) is 0 Å². The summed E-state index contributed by atoms with van der Waals surface area (Å²) >= 11 is 0. The predicted octanol–water partition coefficient (Wildman–Crippen LogP) is 2.25. The van der Waals surface area contributed by atoms with E-state index in [9.17, 15) is 4.79 Å². The van der Waals surface area contributed by atoms with Gasteiger partial charge in [-0.15, -0.1) is 0 Å². The van der Waals surface area contributed by atoms with Crippen LogP contribution in [0.5, 0.6) is 0 Å². The molecule has 0 aliphatic rings. The zero-order chi connectivity index (χ0) is 12.9. The highest BCUT2D eigenvalue weighted by molar-refractivity contribution is 5.79. The molecule has 0 aliphatic heterocycles. The van der Waals surface area contributed by atoms with Crippen LogP contribution in [0.4, 0.5) is 0 Å². The van der Waals surface area contributed by atoms with Gasteiger partial charge >= 0.3 is 0 Å². The van der Waals surface area contributed by atoms with Gasteiger partial charge in [0.15, 0.2) is 0 Å². The average molecular weight is 228 g/mol. The molecular weight excluding hydrogens is 200 g/mol. The quantitative estimate of drug-likeness (QED) is 0.784. The van der Waals surface area contributed by atoms with Crippen LogP contribution in [0, 0.1) is 11.3 Å². The third-order valence-corrected chi connectivity index (χ3v) is 2.74. The van der Waals surface area contributed by atoms with E-state index in [-0.39, 0.29) is 23.3 Å². The molecule has 16 heavy (non-hydrogen) atoms. The molecule has 0 saturated carbocycles. The summed E-state index contributed by atoms with van der Waals surface area (Å²) in [5, 5.41) is 0. The van der Waals surface area contributed by atoms with Gasteiger partial charge in [0, 0.05) is 19.1 Å². The fourth-order valence-electron chi connectivity index (χ4n) is 2.02. The van der Waals surface area contributed by atoms with Crippen LogP contribution in [-0.2, 0) is 4.79 Å². The summed E-state index contributed by atoms with van der Waals surface area (Å²) in [4.78, 5) is 14.2. The zero-order valence-electron chi connectivity index (χ0n) is 11.7. The van der Waals surface area contributed by atoms with Crippen LogP contribution in [0.25, 0.3) is 0 Å². The van der Waals surface area contributed by atoms with Crippen LogP contribution in [0.1, 0.15) is 48.0 Å². The minimum atomic E-state index is -0.0395. The number of hydrogen-bond acceptors (Lipinski definition) is 2. The fourth-order valence-corrected chi connectivity index (χ4v) is 2.02. The lowest BCUT2D eigenvalue weighted by Gasteiger charge is -2.32. The number of hydrogen-bond donors (Lipinski definition) is 1. The molecule has 3 nitrogen and oxygen atoms in total. The SMILES string of the molecule is CCN(C(=O)C(CN)CC(C)(C)C)C(C)C. The highest BCUT2D eigenvalue weighted by Crippen LogP contribution is 2.25. The number of carbonyl (C=O) groups excluding carboxylic acids is 1. The number of nitrogens with zero attached hydrogens (tertiary/aromatic N) is 1. The van der Waals surface area contributed by atoms with Crippen molar-refractivity contribution >= 4 is 5.91 Å². The maximum absolute atomic E-state index is 12.3. The van der Waals surface area contributed by atoms with E-state index in [1.54, 1.807) is 0 Å². The molecule has 0 heterocycles. The maximum Gasteiger partial charge on any atom is 0.227 e. The second-order valence-electron chi connectivity index (χ2n) is 5.92. The molecule has 0 saturated heterocycles. The van der Waals surface area contributed by atoms with Crippen LogP contribution < -0.4 is 5.73 Å². The van der Waals surface area contributed by atoms with Gasteiger partial charge in [0.05, 0.1) is 5.92 Å². The molecule has 2 N–H and O–H groups in total. The van der Waals surface area contributed by atoms with E-state index in [0.717, 1.165) is 13.0 Å². The molecule has 0 bridgehead atoms. The van der Waals surface area contributed by atoms with Crippen LogP contribution in [0.15, 0.2) is 0 Å². The Labute approximate surface area is 100 Å². The molecule has 0 aromatic rings. The standard InChI is InChI=1S/C13H28N2O/c1-7-15(10(2)3)12(16)11(9-14)8-13(4,5)6/h10-11H,7-9,14H2,1-6H3. The molecule has 1 unspecified atom stereocenters. The Kier molecular flexibility index (Phi) is 6.01. The summed E-state index contributed by atoms with van der Waals surface area (Å²) in [6.07, 6.45) is 0.853. The Morgan fingerprint density at radius 1 is 1.31 bits per heavy atom. The maximum atomic E-state index is 12.3. The average Bonchev–Trinajstić information content (AvgIpc) is 2.13. The Bertz CT molecular complexity index is 218. The Balaban J connectivity index is 4.64. The lowest BCUT2D eigenvalue weighted by Crippen LogP contribution is -2.44. The third kappa shape index (κ3) is 4.97. The van der Waals surface area contributed by atoms with Crippen LogP contribution in [0.3, 0.4) is 0 Å². The molecule has 0 aliphatic carbocycles. The van der Waals surface area contributed by atoms with Crippen molar-refractivity contribution in [2.24, 2.45) is 17.1 Å². The van der Waals surface area contributed by atoms with Gasteiger partial charge in [-0.1, -0.05) is 20.8 Å². The molecule has 0 aromatic heterocycles. The predicted molar refractivity (Wildman–Crippen MR) is 69.1 cm³/mol. The monoisotopic (exact) mass is 228 g/mol. The van der Waals surface area contributed by atoms with Gasteiger partial charge in [0.1, 0.15) is 0 Å². The molecule has 0 rings (SSSR count). The van der Waals surface area contributed by atoms with Crippen molar-refractivity contribution < 1.29 is 4.79 Å². The highest BCUT2D eigenvalue weighted by atomic mass is 16.2. The molecule has 3 heteroatoms. The van der Waals surface area contributed by atoms with E-state index in [4.69, 9.17) is 5.73 Å². The lowest BCUT2D eigenvalue weighted by atomic mass is 9.84. The summed E-state index contributed by atoms with van der Waals surface area (Å²) in [6, 6.07) is 0.256. The number of nitrogens with two attached hydrogens (primary N) is 1. The molecule has 0 spiro atoms. The van der Waals surface area contributed by atoms with E-state index in [0.29, 0.717) is 6.54 Å². The van der Waals surface area contributed by atoms with Crippen molar-refractivity contribution in [3.63, 3.8) is 0 Å². The second-order valence-corrected chi connectivity index (χ2v) is 5.92. The largest absolute Gasteiger partial charge is 0.340 e. The fraction of sp³-hybridized carbons (Fsp3) is 0.923. The van der Waals surface area contributed by atoms with E-state index in [2.05, 4.69) is 20.8 Å². The molecule has 0 radical (unpaired) electrons. The van der Waals surface area contributed by atoms with Gasteiger partial charge in [-0.2, -0.15) is 0 Å². The van der Waals surface area contributed by atoms with Crippen LogP contribution in [-0.4, -0.2) is 29.9 Å². The normalized spacial score (nSPS) is 14.0. The van der Waals surface area contributed by atoms with E-state index < -0.39 is 0 Å². The summed E-state index contributed by atoms with van der Waals surface area (Å²) < 4.78 is 0. The first-order chi connectivity index (χ1) is 7.22. The first-order valence-corrected chi connectivity index (χ1v) is 6.23. The third-order valence-electron chi connectivity index (χ3n) is 2.74. The minimum Gasteiger partial charge on any atom is -0.340 e. The van der Waals surface area contributed by atoms with Crippen molar-refractivity contribution in [1.82, 2.24) is 4.90 Å². The summed E-state index contributed by atoms with van der Waals surface area (Å²) in [5.74, 6) is 0.164. The van der Waals surface area contributed by atoms with E-state index in [1.807, 2.05) is 25.7 Å². The molecule has 0 aromatic carbocycles. The minimum absolute atomic E-state index is 0.0395. The second kappa shape index (κ2) is 6.24. The smallest absolute Gasteiger partial charge is 0.227 e. The van der Waals surface area contributed by atoms with Crippen LogP contribution >= 0.6 is 0 Å². The van der Waals surface area contributed by atoms with Gasteiger partial charge in [-0.05, 0) is 32.6 Å². The summed E-state index contributed by atoms with van der Waals surface area (Å²) in [7, 11) is 0. The van der Waals surface area contributed by atoms with E-state index >= 15 is 0 Å². The van der Waals surface area contributed by atoms with Gasteiger partial charge in [0.25, 0.3) is 0 Å². The Morgan fingerprint density at radius 2 is 1.81 bits per heavy atom. The van der Waals surface area contributed by atoms with Gasteiger partial charge < -0.3 is 10.6 Å². The van der Waals surface area contributed by atoms with Crippen molar-refractivity contribution in [3.8, 4) is 0 Å². The zero-order valence-corrected chi connectivity index (χ0v) is 11.7. The number of carbonyl (C=O) groups is 1. The Hall–Kier alpha value is -0.570. The molecular formula is C13H28N2O. The first kappa shape index (κ1) is 15.4. The molecule has 0 fully saturated rings. The van der Waals surface area contributed by atoms with Crippen LogP contribution in [0.2, 0.25) is 0 Å². The summed E-state index contributed by atoms with van der Waals surface area (Å²) in [5.41, 5.74) is 5.87. The molecule has 1 atom stereocenters. The van der Waals surface area contributed by atoms with Crippen molar-refractivity contribution in [2.75, 3.05) is 13.1 Å². The van der Waals surface area contributed by atoms with Gasteiger partial charge in [0.2, 0.25) is 5.91 Å². The topological polar surface area (TPSA) is 46.3 Å². The van der Waals surface area contributed by atoms with Crippen molar-refractivity contribution in [3.05, 3.63) is 0 Å². The van der Waals surface area contributed by atoms with Gasteiger partial charge in [-0.25, -0.2) is 0 Å². The summed E-state index contributed by atoms with van der Waals surface area (Å²) in [6.45, 7) is 13.8. The van der Waals surface area contributed by atoms with Gasteiger partial charge in [-0.3, -0.25) is 4.79 Å². The molecule has 1 amide bonds. The number of amides is 1. The number of rotatable bonds is 5. The highest BCUT2D eigenvalue weighted by Gasteiger charge is 2.27. The Morgan fingerprint density at radius 3 is 2.06 bits per heavy atom. The lowest BCUT2D eigenvalue weighted by molar-refractivity contribution is -0.137. The van der Waals surface area contributed by atoms with Crippen molar-refractivity contribution in [2.45, 2.75) is 54.0 Å². The molecule has 96 valence electrons. The van der Waals surface area contributed by atoms with Crippen molar-refractivity contribution in [1.29, 1.82) is 0 Å².